The molecule has 0 spiro atoms. The second-order valence-electron chi connectivity index (χ2n) is 8.59. The van der Waals surface area contributed by atoms with Crippen molar-refractivity contribution in [1.82, 2.24) is 14.9 Å². The van der Waals surface area contributed by atoms with Crippen molar-refractivity contribution in [2.24, 2.45) is 5.73 Å². The fourth-order valence-electron chi connectivity index (χ4n) is 4.13. The summed E-state index contributed by atoms with van der Waals surface area (Å²) in [5.41, 5.74) is 7.67. The minimum atomic E-state index is 0.425. The maximum atomic E-state index is 7.60. The van der Waals surface area contributed by atoms with Crippen LogP contribution in [0, 0.1) is 5.41 Å². The van der Waals surface area contributed by atoms with Gasteiger partial charge in [-0.15, -0.1) is 0 Å². The van der Waals surface area contributed by atoms with Gasteiger partial charge in [-0.1, -0.05) is 12.1 Å². The van der Waals surface area contributed by atoms with Gasteiger partial charge in [-0.25, -0.2) is 9.97 Å². The van der Waals surface area contributed by atoms with Crippen molar-refractivity contribution in [3.63, 3.8) is 0 Å². The predicted molar refractivity (Wildman–Crippen MR) is 143 cm³/mol. The van der Waals surface area contributed by atoms with E-state index in [1.165, 1.54) is 6.20 Å². The van der Waals surface area contributed by atoms with Crippen LogP contribution in [0.5, 0.6) is 11.5 Å². The maximum absolute atomic E-state index is 7.60. The van der Waals surface area contributed by atoms with Crippen molar-refractivity contribution in [3.05, 3.63) is 54.4 Å². The summed E-state index contributed by atoms with van der Waals surface area (Å²) in [7, 11) is 0. The molecule has 1 aliphatic heterocycles. The molecule has 1 fully saturated rings. The molecule has 0 saturated carbocycles. The van der Waals surface area contributed by atoms with Gasteiger partial charge in [0.25, 0.3) is 0 Å². The van der Waals surface area contributed by atoms with Crippen LogP contribution in [0.1, 0.15) is 20.3 Å². The van der Waals surface area contributed by atoms with Gasteiger partial charge < -0.3 is 30.7 Å². The monoisotopic (exact) mass is 490 g/mol. The van der Waals surface area contributed by atoms with Gasteiger partial charge >= 0.3 is 0 Å². The zero-order valence-electron chi connectivity index (χ0n) is 20.9. The smallest absolute Gasteiger partial charge is 0.162 e. The van der Waals surface area contributed by atoms with E-state index in [-0.39, 0.29) is 0 Å². The molecule has 0 radical (unpaired) electrons. The quantitative estimate of drug-likeness (QED) is 0.272. The number of hydrogen-bond acceptors (Lipinski definition) is 9. The lowest BCUT2D eigenvalue weighted by Crippen LogP contribution is -2.44. The molecule has 1 atom stereocenters. The molecule has 36 heavy (non-hydrogen) atoms. The first-order valence-electron chi connectivity index (χ1n) is 12.3. The fraction of sp³-hybridized carbons (Fsp3) is 0.370. The molecule has 1 aliphatic rings. The third-order valence-electron chi connectivity index (χ3n) is 6.03. The molecule has 1 saturated heterocycles. The third-order valence-corrected chi connectivity index (χ3v) is 6.03. The molecular weight excluding hydrogens is 456 g/mol. The number of morpholine rings is 1. The average molecular weight is 491 g/mol. The Morgan fingerprint density at radius 2 is 2.08 bits per heavy atom. The molecule has 3 aromatic rings. The molecule has 0 bridgehead atoms. The summed E-state index contributed by atoms with van der Waals surface area (Å²) < 4.78 is 17.2. The van der Waals surface area contributed by atoms with Crippen LogP contribution in [-0.4, -0.2) is 66.6 Å². The van der Waals surface area contributed by atoms with Gasteiger partial charge in [-0.05, 0) is 50.6 Å². The van der Waals surface area contributed by atoms with E-state index in [0.29, 0.717) is 36.6 Å². The zero-order valence-corrected chi connectivity index (χ0v) is 20.9. The van der Waals surface area contributed by atoms with E-state index in [1.54, 1.807) is 0 Å². The highest BCUT2D eigenvalue weighted by Crippen LogP contribution is 2.30. The summed E-state index contributed by atoms with van der Waals surface area (Å²) in [5.74, 6) is 2.58. The van der Waals surface area contributed by atoms with Gasteiger partial charge in [-0.2, -0.15) is 0 Å². The SMILES string of the molecule is CCOc1ccc2nc(-c3cccc(OCCCN4CCOCC4C)c3)nc(N/C(C=N)=C/N)c2c1. The summed E-state index contributed by atoms with van der Waals surface area (Å²) in [6.45, 7) is 8.86. The predicted octanol–water partition coefficient (Wildman–Crippen LogP) is 4.05. The molecule has 9 heteroatoms. The van der Waals surface area contributed by atoms with Gasteiger partial charge in [0.15, 0.2) is 5.82 Å². The van der Waals surface area contributed by atoms with E-state index in [9.17, 15) is 0 Å². The van der Waals surface area contributed by atoms with Crippen molar-refractivity contribution < 1.29 is 14.2 Å². The Bertz CT molecular complexity index is 1220. The van der Waals surface area contributed by atoms with Crippen molar-refractivity contribution >= 4 is 22.9 Å². The zero-order chi connectivity index (χ0) is 25.3. The molecule has 2 aromatic carbocycles. The van der Waals surface area contributed by atoms with E-state index in [4.69, 9.17) is 35.3 Å². The normalized spacial score (nSPS) is 16.6. The number of ether oxygens (including phenoxy) is 3. The number of benzene rings is 2. The minimum absolute atomic E-state index is 0.425. The summed E-state index contributed by atoms with van der Waals surface area (Å²) in [6.07, 6.45) is 3.42. The molecular formula is C27H34N6O3. The summed E-state index contributed by atoms with van der Waals surface area (Å²) >= 11 is 0. The summed E-state index contributed by atoms with van der Waals surface area (Å²) in [4.78, 5) is 12.0. The van der Waals surface area contributed by atoms with E-state index < -0.39 is 0 Å². The second-order valence-corrected chi connectivity index (χ2v) is 8.59. The van der Waals surface area contributed by atoms with Crippen LogP contribution >= 0.6 is 0 Å². The van der Waals surface area contributed by atoms with E-state index in [2.05, 4.69) is 17.1 Å². The van der Waals surface area contributed by atoms with Crippen LogP contribution in [-0.2, 0) is 4.74 Å². The molecule has 4 N–H and O–H groups in total. The number of hydrogen-bond donors (Lipinski definition) is 3. The Kier molecular flexibility index (Phi) is 8.70. The van der Waals surface area contributed by atoms with Crippen molar-refractivity contribution in [1.29, 1.82) is 5.41 Å². The Morgan fingerprint density at radius 1 is 1.22 bits per heavy atom. The van der Waals surface area contributed by atoms with Crippen LogP contribution in [0.25, 0.3) is 22.3 Å². The van der Waals surface area contributed by atoms with E-state index >= 15 is 0 Å². The number of nitrogens with zero attached hydrogens (tertiary/aromatic N) is 3. The van der Waals surface area contributed by atoms with Crippen LogP contribution in [0.2, 0.25) is 0 Å². The standard InChI is InChI=1S/C27H34N6O3/c1-3-35-23-8-9-25-24(15-23)27(30-21(16-28)17-29)32-26(31-25)20-6-4-7-22(14-20)36-12-5-10-33-11-13-34-18-19(33)2/h4,6-9,14-17,19,28H,3,5,10-13,18,29H2,1-2H3,(H,30,31,32)/b21-17+,28-16?. The molecule has 1 unspecified atom stereocenters. The number of nitrogens with one attached hydrogen (secondary N) is 2. The third kappa shape index (κ3) is 6.30. The van der Waals surface area contributed by atoms with Gasteiger partial charge in [-0.3, -0.25) is 4.90 Å². The van der Waals surface area contributed by atoms with Crippen molar-refractivity contribution in [2.75, 3.05) is 44.8 Å². The van der Waals surface area contributed by atoms with Gasteiger partial charge in [0.1, 0.15) is 17.3 Å². The van der Waals surface area contributed by atoms with Crippen LogP contribution in [0.4, 0.5) is 5.82 Å². The first-order valence-corrected chi connectivity index (χ1v) is 12.3. The van der Waals surface area contributed by atoms with E-state index in [1.807, 2.05) is 49.4 Å². The molecule has 9 nitrogen and oxygen atoms in total. The fourth-order valence-corrected chi connectivity index (χ4v) is 4.13. The summed E-state index contributed by atoms with van der Waals surface area (Å²) in [6, 6.07) is 13.9. The summed E-state index contributed by atoms with van der Waals surface area (Å²) in [5, 5.41) is 11.5. The molecule has 190 valence electrons. The topological polar surface area (TPSA) is 119 Å². The lowest BCUT2D eigenvalue weighted by molar-refractivity contribution is -0.00200. The average Bonchev–Trinajstić information content (AvgIpc) is 2.91. The second kappa shape index (κ2) is 12.3. The number of nitrogens with two attached hydrogens (primary N) is 1. The minimum Gasteiger partial charge on any atom is -0.494 e. The largest absolute Gasteiger partial charge is 0.494 e. The highest BCUT2D eigenvalue weighted by atomic mass is 16.5. The lowest BCUT2D eigenvalue weighted by atomic mass is 10.1. The highest BCUT2D eigenvalue weighted by Gasteiger charge is 2.18. The van der Waals surface area contributed by atoms with Crippen molar-refractivity contribution in [2.45, 2.75) is 26.3 Å². The Labute approximate surface area is 211 Å². The first-order chi connectivity index (χ1) is 17.6. The number of rotatable bonds is 11. The molecule has 0 amide bonds. The van der Waals surface area contributed by atoms with Crippen LogP contribution < -0.4 is 20.5 Å². The molecule has 2 heterocycles. The molecule has 0 aliphatic carbocycles. The number of allylic oxidation sites excluding steroid dienone is 1. The first kappa shape index (κ1) is 25.4. The van der Waals surface area contributed by atoms with Crippen molar-refractivity contribution in [3.8, 4) is 22.9 Å². The Hall–Kier alpha value is -3.69. The number of aromatic nitrogens is 2. The van der Waals surface area contributed by atoms with Gasteiger partial charge in [0.2, 0.25) is 0 Å². The van der Waals surface area contributed by atoms with Crippen LogP contribution in [0.3, 0.4) is 0 Å². The maximum Gasteiger partial charge on any atom is 0.162 e. The Morgan fingerprint density at radius 3 is 2.86 bits per heavy atom. The lowest BCUT2D eigenvalue weighted by Gasteiger charge is -2.33. The highest BCUT2D eigenvalue weighted by molar-refractivity contribution is 5.94. The van der Waals surface area contributed by atoms with Crippen LogP contribution in [0.15, 0.2) is 54.4 Å². The molecule has 4 rings (SSSR count). The van der Waals surface area contributed by atoms with Gasteiger partial charge in [0, 0.05) is 42.5 Å². The number of anilines is 1. The number of fused-ring (bicyclic) bond motifs is 1. The molecule has 1 aromatic heterocycles. The van der Waals surface area contributed by atoms with E-state index in [0.717, 1.165) is 66.9 Å². The van der Waals surface area contributed by atoms with Gasteiger partial charge in [0.05, 0.1) is 37.6 Å². The Balaban J connectivity index is 1.54.